The Morgan fingerprint density at radius 2 is 2.00 bits per heavy atom. The zero-order valence-electron chi connectivity index (χ0n) is 13.5. The maximum absolute atomic E-state index is 13.0. The average molecular weight is 296 g/mol. The molecule has 2 aliphatic rings. The quantitative estimate of drug-likeness (QED) is 0.759. The number of ether oxygens (including phenoxy) is 1. The summed E-state index contributed by atoms with van der Waals surface area (Å²) in [6.45, 7) is 7.68. The molecule has 1 saturated heterocycles. The van der Waals surface area contributed by atoms with Gasteiger partial charge >= 0.3 is 0 Å². The summed E-state index contributed by atoms with van der Waals surface area (Å²) < 4.78 is 5.41. The summed E-state index contributed by atoms with van der Waals surface area (Å²) in [6.07, 6.45) is 4.45. The Morgan fingerprint density at radius 1 is 1.33 bits per heavy atom. The van der Waals surface area contributed by atoms with E-state index < -0.39 is 5.54 Å². The lowest BCUT2D eigenvalue weighted by Gasteiger charge is -2.46. The molecule has 2 fully saturated rings. The predicted octanol–water partition coefficient (Wildman–Crippen LogP) is 1.71. The second-order valence-electron chi connectivity index (χ2n) is 6.30. The zero-order chi connectivity index (χ0) is 15.5. The Kier molecular flexibility index (Phi) is 5.25. The molecule has 2 amide bonds. The average Bonchev–Trinajstić information content (AvgIpc) is 2.93. The van der Waals surface area contributed by atoms with Crippen LogP contribution in [0.25, 0.3) is 0 Å². The van der Waals surface area contributed by atoms with Gasteiger partial charge in [0.05, 0.1) is 6.61 Å². The number of carbonyl (C=O) groups excluding carboxylic acids is 2. The zero-order valence-corrected chi connectivity index (χ0v) is 13.5. The molecule has 1 aliphatic heterocycles. The van der Waals surface area contributed by atoms with Crippen LogP contribution in [0, 0.1) is 5.92 Å². The molecule has 120 valence electrons. The van der Waals surface area contributed by atoms with E-state index in [4.69, 9.17) is 4.74 Å². The lowest BCUT2D eigenvalue weighted by molar-refractivity contribution is -0.157. The van der Waals surface area contributed by atoms with E-state index in [0.29, 0.717) is 19.8 Å². The molecular formula is C16H28N2O3. The van der Waals surface area contributed by atoms with E-state index in [1.165, 1.54) is 0 Å². The highest BCUT2D eigenvalue weighted by molar-refractivity contribution is 6.00. The minimum absolute atomic E-state index is 0.0161. The van der Waals surface area contributed by atoms with Crippen LogP contribution in [0.3, 0.4) is 0 Å². The summed E-state index contributed by atoms with van der Waals surface area (Å²) in [4.78, 5) is 27.4. The number of nitrogens with zero attached hydrogens (tertiary/aromatic N) is 1. The van der Waals surface area contributed by atoms with Crippen molar-refractivity contribution in [2.45, 2.75) is 64.5 Å². The number of rotatable bonds is 6. The molecule has 1 aliphatic carbocycles. The van der Waals surface area contributed by atoms with Crippen LogP contribution in [0.2, 0.25) is 0 Å². The van der Waals surface area contributed by atoms with E-state index in [0.717, 1.165) is 32.1 Å². The summed E-state index contributed by atoms with van der Waals surface area (Å²) in [5.41, 5.74) is -0.632. The van der Waals surface area contributed by atoms with Crippen LogP contribution >= 0.6 is 0 Å². The SMILES string of the molecule is CCOCCN1C(=O)C2(CCCC2)NC(=O)C1C(C)CC. The Bertz CT molecular complexity index is 391. The number of carbonyl (C=O) groups is 2. The molecular weight excluding hydrogens is 268 g/mol. The van der Waals surface area contributed by atoms with Gasteiger partial charge in [-0.3, -0.25) is 9.59 Å². The van der Waals surface area contributed by atoms with Crippen LogP contribution in [0.5, 0.6) is 0 Å². The highest BCUT2D eigenvalue weighted by Gasteiger charge is 2.52. The third-order valence-electron chi connectivity index (χ3n) is 4.96. The van der Waals surface area contributed by atoms with Crippen LogP contribution in [0.1, 0.15) is 52.9 Å². The van der Waals surface area contributed by atoms with Crippen LogP contribution in [0.15, 0.2) is 0 Å². The van der Waals surface area contributed by atoms with E-state index >= 15 is 0 Å². The van der Waals surface area contributed by atoms with Gasteiger partial charge in [0, 0.05) is 13.2 Å². The van der Waals surface area contributed by atoms with Gasteiger partial charge in [-0.25, -0.2) is 0 Å². The summed E-state index contributed by atoms with van der Waals surface area (Å²) in [5.74, 6) is 0.279. The number of hydrogen-bond donors (Lipinski definition) is 1. The molecule has 0 aromatic heterocycles. The number of hydrogen-bond acceptors (Lipinski definition) is 3. The number of nitrogens with one attached hydrogen (secondary N) is 1. The third-order valence-corrected chi connectivity index (χ3v) is 4.96. The van der Waals surface area contributed by atoms with Gasteiger partial charge in [0.2, 0.25) is 11.8 Å². The van der Waals surface area contributed by atoms with Crippen molar-refractivity contribution in [1.29, 1.82) is 0 Å². The lowest BCUT2D eigenvalue weighted by atomic mass is 9.86. The Hall–Kier alpha value is -1.10. The van der Waals surface area contributed by atoms with Crippen molar-refractivity contribution < 1.29 is 14.3 Å². The summed E-state index contributed by atoms with van der Waals surface area (Å²) in [6, 6.07) is -0.353. The van der Waals surface area contributed by atoms with E-state index in [-0.39, 0.29) is 23.8 Å². The molecule has 1 spiro atoms. The maximum atomic E-state index is 13.0. The molecule has 21 heavy (non-hydrogen) atoms. The first-order chi connectivity index (χ1) is 10.1. The summed E-state index contributed by atoms with van der Waals surface area (Å²) >= 11 is 0. The number of piperazine rings is 1. The van der Waals surface area contributed by atoms with Gasteiger partial charge in [-0.15, -0.1) is 0 Å². The van der Waals surface area contributed by atoms with Crippen molar-refractivity contribution in [3.63, 3.8) is 0 Å². The lowest BCUT2D eigenvalue weighted by Crippen LogP contribution is -2.71. The van der Waals surface area contributed by atoms with Crippen molar-refractivity contribution >= 4 is 11.8 Å². The second kappa shape index (κ2) is 6.77. The second-order valence-corrected chi connectivity index (χ2v) is 6.30. The molecule has 1 heterocycles. The van der Waals surface area contributed by atoms with Gasteiger partial charge in [0.25, 0.3) is 0 Å². The minimum atomic E-state index is -0.632. The van der Waals surface area contributed by atoms with Gasteiger partial charge in [0.15, 0.2) is 0 Å². The highest BCUT2D eigenvalue weighted by atomic mass is 16.5. The van der Waals surface area contributed by atoms with Crippen molar-refractivity contribution in [3.8, 4) is 0 Å². The van der Waals surface area contributed by atoms with Crippen molar-refractivity contribution in [1.82, 2.24) is 10.2 Å². The fraction of sp³-hybridized carbons (Fsp3) is 0.875. The standard InChI is InChI=1S/C16H28N2O3/c1-4-12(3)13-14(19)17-16(8-6-7-9-16)15(20)18(13)10-11-21-5-2/h12-13H,4-11H2,1-3H3,(H,17,19). The Morgan fingerprint density at radius 3 is 2.57 bits per heavy atom. The molecule has 0 aromatic rings. The fourth-order valence-corrected chi connectivity index (χ4v) is 3.56. The predicted molar refractivity (Wildman–Crippen MR) is 80.8 cm³/mol. The topological polar surface area (TPSA) is 58.6 Å². The molecule has 1 saturated carbocycles. The largest absolute Gasteiger partial charge is 0.380 e. The van der Waals surface area contributed by atoms with Crippen LogP contribution in [-0.4, -0.2) is 48.1 Å². The molecule has 1 N–H and O–H groups in total. The smallest absolute Gasteiger partial charge is 0.249 e. The summed E-state index contributed by atoms with van der Waals surface area (Å²) in [5, 5.41) is 3.06. The first-order valence-electron chi connectivity index (χ1n) is 8.26. The fourth-order valence-electron chi connectivity index (χ4n) is 3.56. The minimum Gasteiger partial charge on any atom is -0.380 e. The van der Waals surface area contributed by atoms with Crippen LogP contribution < -0.4 is 5.32 Å². The Balaban J connectivity index is 2.21. The molecule has 2 atom stereocenters. The first-order valence-corrected chi connectivity index (χ1v) is 8.26. The van der Waals surface area contributed by atoms with Gasteiger partial charge in [-0.05, 0) is 25.7 Å². The number of amides is 2. The molecule has 5 nitrogen and oxygen atoms in total. The highest BCUT2D eigenvalue weighted by Crippen LogP contribution is 2.36. The molecule has 0 aromatic carbocycles. The summed E-state index contributed by atoms with van der Waals surface area (Å²) in [7, 11) is 0. The monoisotopic (exact) mass is 296 g/mol. The maximum Gasteiger partial charge on any atom is 0.249 e. The molecule has 5 heteroatoms. The normalized spacial score (nSPS) is 26.2. The van der Waals surface area contributed by atoms with Crippen molar-refractivity contribution in [3.05, 3.63) is 0 Å². The van der Waals surface area contributed by atoms with Gasteiger partial charge < -0.3 is 15.0 Å². The Labute approximate surface area is 127 Å². The van der Waals surface area contributed by atoms with E-state index in [2.05, 4.69) is 12.2 Å². The molecule has 2 rings (SSSR count). The van der Waals surface area contributed by atoms with E-state index in [1.807, 2.05) is 13.8 Å². The van der Waals surface area contributed by atoms with Gasteiger partial charge in [-0.2, -0.15) is 0 Å². The first kappa shape index (κ1) is 16.3. The molecule has 0 radical (unpaired) electrons. The van der Waals surface area contributed by atoms with Gasteiger partial charge in [0.1, 0.15) is 11.6 Å². The van der Waals surface area contributed by atoms with Crippen LogP contribution in [0.4, 0.5) is 0 Å². The molecule has 0 bridgehead atoms. The van der Waals surface area contributed by atoms with E-state index in [1.54, 1.807) is 4.90 Å². The van der Waals surface area contributed by atoms with Crippen molar-refractivity contribution in [2.24, 2.45) is 5.92 Å². The van der Waals surface area contributed by atoms with Crippen molar-refractivity contribution in [2.75, 3.05) is 19.8 Å². The third kappa shape index (κ3) is 3.07. The van der Waals surface area contributed by atoms with E-state index in [9.17, 15) is 9.59 Å². The van der Waals surface area contributed by atoms with Crippen LogP contribution in [-0.2, 0) is 14.3 Å². The van der Waals surface area contributed by atoms with Gasteiger partial charge in [-0.1, -0.05) is 33.1 Å². The molecule has 2 unspecified atom stereocenters.